The molecule has 2 aromatic heterocycles. The van der Waals surface area contributed by atoms with Crippen LogP contribution in [-0.2, 0) is 12.8 Å². The first-order valence-electron chi connectivity index (χ1n) is 6.79. The highest BCUT2D eigenvalue weighted by Crippen LogP contribution is 2.32. The van der Waals surface area contributed by atoms with Crippen molar-refractivity contribution in [3.8, 4) is 0 Å². The molecule has 0 aliphatic rings. The van der Waals surface area contributed by atoms with Crippen LogP contribution in [0.3, 0.4) is 0 Å². The third-order valence-electron chi connectivity index (χ3n) is 2.76. The van der Waals surface area contributed by atoms with E-state index in [-0.39, 0.29) is 0 Å². The second kappa shape index (κ2) is 6.99. The average molecular weight is 309 g/mol. The van der Waals surface area contributed by atoms with E-state index in [1.165, 1.54) is 11.5 Å². The molecule has 0 fully saturated rings. The van der Waals surface area contributed by atoms with E-state index in [4.69, 9.17) is 0 Å². The van der Waals surface area contributed by atoms with Gasteiger partial charge in [0, 0.05) is 24.9 Å². The molecule has 0 aromatic carbocycles. The summed E-state index contributed by atoms with van der Waals surface area (Å²) >= 11 is 3.01. The second-order valence-corrected chi connectivity index (χ2v) is 6.22. The van der Waals surface area contributed by atoms with E-state index in [0.717, 1.165) is 51.8 Å². The van der Waals surface area contributed by atoms with Gasteiger partial charge in [-0.15, -0.1) is 0 Å². The van der Waals surface area contributed by atoms with Gasteiger partial charge in [-0.05, 0) is 37.1 Å². The van der Waals surface area contributed by atoms with Gasteiger partial charge in [0.05, 0.1) is 0 Å². The maximum atomic E-state index is 4.61. The summed E-state index contributed by atoms with van der Waals surface area (Å²) < 4.78 is 5.25. The minimum atomic E-state index is 0.822. The Kier molecular flexibility index (Phi) is 5.31. The number of aryl methyl sites for hydroxylation is 2. The molecule has 0 unspecified atom stereocenters. The van der Waals surface area contributed by atoms with Crippen molar-refractivity contribution in [1.29, 1.82) is 0 Å². The number of nitrogens with zero attached hydrogens (tertiary/aromatic N) is 4. The maximum Gasteiger partial charge on any atom is 0.176 e. The smallest absolute Gasteiger partial charge is 0.176 e. The molecule has 7 heteroatoms. The van der Waals surface area contributed by atoms with Crippen molar-refractivity contribution < 1.29 is 0 Å². The molecule has 0 atom stereocenters. The average Bonchev–Trinajstić information content (AvgIpc) is 2.91. The summed E-state index contributed by atoms with van der Waals surface area (Å²) in [5.41, 5.74) is 1.07. The van der Waals surface area contributed by atoms with Crippen molar-refractivity contribution in [2.75, 3.05) is 11.9 Å². The van der Waals surface area contributed by atoms with Gasteiger partial charge in [0.15, 0.2) is 4.34 Å². The summed E-state index contributed by atoms with van der Waals surface area (Å²) in [6.45, 7) is 9.09. The topological polar surface area (TPSA) is 63.6 Å². The molecule has 20 heavy (non-hydrogen) atoms. The Morgan fingerprint density at radius 3 is 2.40 bits per heavy atom. The van der Waals surface area contributed by atoms with Crippen LogP contribution in [-0.4, -0.2) is 25.9 Å². The standard InChI is InChI=1S/C13H19N5S2/c1-5-9-15-11(14-7-3)8(4)12(16-9)19-13-17-10(6-2)18-20-13/h5-7H2,1-4H3,(H,14,15,16). The maximum absolute atomic E-state index is 4.61. The van der Waals surface area contributed by atoms with Crippen LogP contribution >= 0.6 is 23.3 Å². The Balaban J connectivity index is 2.31. The molecule has 0 bridgehead atoms. The zero-order chi connectivity index (χ0) is 14.5. The summed E-state index contributed by atoms with van der Waals surface area (Å²) in [5, 5.41) is 4.26. The van der Waals surface area contributed by atoms with Gasteiger partial charge in [-0.25, -0.2) is 15.0 Å². The van der Waals surface area contributed by atoms with E-state index in [9.17, 15) is 0 Å². The van der Waals surface area contributed by atoms with Crippen LogP contribution in [0.2, 0.25) is 0 Å². The zero-order valence-electron chi connectivity index (χ0n) is 12.2. The predicted molar refractivity (Wildman–Crippen MR) is 83.7 cm³/mol. The molecule has 2 aromatic rings. The fourth-order valence-corrected chi connectivity index (χ4v) is 3.36. The lowest BCUT2D eigenvalue weighted by molar-refractivity contribution is 0.869. The normalized spacial score (nSPS) is 10.8. The fourth-order valence-electron chi connectivity index (χ4n) is 1.64. The van der Waals surface area contributed by atoms with Gasteiger partial charge in [0.25, 0.3) is 0 Å². The monoisotopic (exact) mass is 309 g/mol. The molecule has 0 saturated carbocycles. The van der Waals surface area contributed by atoms with Crippen LogP contribution in [0.5, 0.6) is 0 Å². The SMILES string of the molecule is CCNc1nc(CC)nc(Sc2nc(CC)ns2)c1C. The number of nitrogens with one attached hydrogen (secondary N) is 1. The van der Waals surface area contributed by atoms with Crippen molar-refractivity contribution in [2.24, 2.45) is 0 Å². The highest BCUT2D eigenvalue weighted by Gasteiger charge is 2.13. The molecule has 108 valence electrons. The summed E-state index contributed by atoms with van der Waals surface area (Å²) in [5.74, 6) is 2.67. The lowest BCUT2D eigenvalue weighted by Gasteiger charge is -2.11. The summed E-state index contributed by atoms with van der Waals surface area (Å²) in [4.78, 5) is 13.6. The first-order valence-corrected chi connectivity index (χ1v) is 8.38. The van der Waals surface area contributed by atoms with E-state index in [0.29, 0.717) is 0 Å². The van der Waals surface area contributed by atoms with Gasteiger partial charge in [0.2, 0.25) is 0 Å². The summed E-state index contributed by atoms with van der Waals surface area (Å²) in [6, 6.07) is 0. The van der Waals surface area contributed by atoms with Gasteiger partial charge in [-0.2, -0.15) is 4.37 Å². The van der Waals surface area contributed by atoms with E-state index >= 15 is 0 Å². The summed E-state index contributed by atoms with van der Waals surface area (Å²) in [6.07, 6.45) is 1.69. The molecule has 0 radical (unpaired) electrons. The molecule has 0 saturated heterocycles. The Hall–Kier alpha value is -1.21. The van der Waals surface area contributed by atoms with E-state index in [1.54, 1.807) is 11.8 Å². The largest absolute Gasteiger partial charge is 0.370 e. The van der Waals surface area contributed by atoms with Crippen LogP contribution in [0, 0.1) is 6.92 Å². The molecule has 0 amide bonds. The first kappa shape index (κ1) is 15.2. The van der Waals surface area contributed by atoms with Crippen LogP contribution in [0.15, 0.2) is 9.37 Å². The third kappa shape index (κ3) is 3.46. The highest BCUT2D eigenvalue weighted by molar-refractivity contribution is 8.00. The van der Waals surface area contributed by atoms with Gasteiger partial charge < -0.3 is 5.32 Å². The van der Waals surface area contributed by atoms with Gasteiger partial charge in [-0.1, -0.05) is 13.8 Å². The van der Waals surface area contributed by atoms with Crippen molar-refractivity contribution in [3.63, 3.8) is 0 Å². The lowest BCUT2D eigenvalue weighted by Crippen LogP contribution is -2.07. The van der Waals surface area contributed by atoms with Gasteiger partial charge in [0.1, 0.15) is 22.5 Å². The molecule has 2 heterocycles. The molecule has 0 aliphatic heterocycles. The molecule has 0 aliphatic carbocycles. The molecule has 2 rings (SSSR count). The number of aromatic nitrogens is 4. The van der Waals surface area contributed by atoms with Gasteiger partial charge in [-0.3, -0.25) is 0 Å². The van der Waals surface area contributed by atoms with Crippen LogP contribution < -0.4 is 5.32 Å². The Labute approximate surface area is 127 Å². The van der Waals surface area contributed by atoms with Crippen LogP contribution in [0.4, 0.5) is 5.82 Å². The number of hydrogen-bond acceptors (Lipinski definition) is 7. The number of anilines is 1. The molecular weight excluding hydrogens is 290 g/mol. The Bertz CT molecular complexity index is 582. The van der Waals surface area contributed by atoms with Gasteiger partial charge >= 0.3 is 0 Å². The molecule has 5 nitrogen and oxygen atoms in total. The zero-order valence-corrected chi connectivity index (χ0v) is 13.9. The quantitative estimate of drug-likeness (QED) is 0.826. The van der Waals surface area contributed by atoms with Crippen LogP contribution in [0.1, 0.15) is 38.0 Å². The highest BCUT2D eigenvalue weighted by atomic mass is 32.2. The minimum absolute atomic E-state index is 0.822. The van der Waals surface area contributed by atoms with Crippen molar-refractivity contribution in [2.45, 2.75) is 49.9 Å². The molecule has 1 N–H and O–H groups in total. The van der Waals surface area contributed by atoms with Crippen molar-refractivity contribution in [3.05, 3.63) is 17.2 Å². The summed E-state index contributed by atoms with van der Waals surface area (Å²) in [7, 11) is 0. The fraction of sp³-hybridized carbons (Fsp3) is 0.538. The second-order valence-electron chi connectivity index (χ2n) is 4.23. The van der Waals surface area contributed by atoms with E-state index in [2.05, 4.69) is 45.4 Å². The van der Waals surface area contributed by atoms with E-state index < -0.39 is 0 Å². The lowest BCUT2D eigenvalue weighted by atomic mass is 10.3. The number of hydrogen-bond donors (Lipinski definition) is 1. The number of rotatable bonds is 6. The minimum Gasteiger partial charge on any atom is -0.370 e. The third-order valence-corrected chi connectivity index (χ3v) is 4.64. The Morgan fingerprint density at radius 2 is 1.80 bits per heavy atom. The van der Waals surface area contributed by atoms with Crippen molar-refractivity contribution >= 4 is 29.1 Å². The first-order chi connectivity index (χ1) is 9.67. The molecular formula is C13H19N5S2. The van der Waals surface area contributed by atoms with E-state index in [1.807, 2.05) is 6.92 Å². The molecule has 0 spiro atoms. The predicted octanol–water partition coefficient (Wildman–Crippen LogP) is 3.34. The Morgan fingerprint density at radius 1 is 1.05 bits per heavy atom. The van der Waals surface area contributed by atoms with Crippen molar-refractivity contribution in [1.82, 2.24) is 19.3 Å². The van der Waals surface area contributed by atoms with Crippen LogP contribution in [0.25, 0.3) is 0 Å².